The Morgan fingerprint density at radius 2 is 2.11 bits per heavy atom. The van der Waals surface area contributed by atoms with E-state index in [1.807, 2.05) is 0 Å². The smallest absolute Gasteiger partial charge is 0.0506 e. The molecule has 0 aromatic carbocycles. The Hall–Kier alpha value is -0.160. The lowest BCUT2D eigenvalue weighted by Gasteiger charge is -2.57. The van der Waals surface area contributed by atoms with E-state index in [1.54, 1.807) is 0 Å². The standard InChI is InChI=1S/C15H29N3O/c1-17(9-13-3-2-8-19-10-13)15(11-16)12-18-6-4-14(15)5-7-18/h13-14H,2-12,16H2,1H3. The minimum absolute atomic E-state index is 0.230. The van der Waals surface area contributed by atoms with E-state index in [9.17, 15) is 0 Å². The molecular weight excluding hydrogens is 238 g/mol. The van der Waals surface area contributed by atoms with Crippen molar-refractivity contribution in [1.29, 1.82) is 0 Å². The Morgan fingerprint density at radius 3 is 2.63 bits per heavy atom. The van der Waals surface area contributed by atoms with Gasteiger partial charge in [-0.3, -0.25) is 4.90 Å². The molecule has 4 aliphatic heterocycles. The van der Waals surface area contributed by atoms with Gasteiger partial charge in [-0.1, -0.05) is 0 Å². The molecule has 4 saturated heterocycles. The van der Waals surface area contributed by atoms with E-state index < -0.39 is 0 Å². The summed E-state index contributed by atoms with van der Waals surface area (Å²) in [4.78, 5) is 5.20. The summed E-state index contributed by atoms with van der Waals surface area (Å²) in [6, 6.07) is 0. The fourth-order valence-corrected chi connectivity index (χ4v) is 4.48. The summed E-state index contributed by atoms with van der Waals surface area (Å²) in [6.07, 6.45) is 5.22. The molecule has 2 N–H and O–H groups in total. The van der Waals surface area contributed by atoms with Crippen molar-refractivity contribution in [2.24, 2.45) is 17.6 Å². The van der Waals surface area contributed by atoms with Crippen molar-refractivity contribution in [3.8, 4) is 0 Å². The first-order valence-electron chi connectivity index (χ1n) is 7.96. The summed E-state index contributed by atoms with van der Waals surface area (Å²) in [7, 11) is 2.29. The van der Waals surface area contributed by atoms with E-state index >= 15 is 0 Å². The first-order chi connectivity index (χ1) is 9.24. The van der Waals surface area contributed by atoms with E-state index in [1.165, 1.54) is 45.3 Å². The van der Waals surface area contributed by atoms with Gasteiger partial charge in [-0.15, -0.1) is 0 Å². The van der Waals surface area contributed by atoms with Crippen molar-refractivity contribution in [2.75, 3.05) is 53.0 Å². The molecule has 0 aromatic rings. The number of nitrogens with two attached hydrogens (primary N) is 1. The minimum Gasteiger partial charge on any atom is -0.381 e. The van der Waals surface area contributed by atoms with Gasteiger partial charge in [0.25, 0.3) is 0 Å². The van der Waals surface area contributed by atoms with Crippen LogP contribution in [0.3, 0.4) is 0 Å². The van der Waals surface area contributed by atoms with Crippen LogP contribution in [0.4, 0.5) is 0 Å². The van der Waals surface area contributed by atoms with E-state index in [0.717, 1.165) is 32.2 Å². The first-order valence-corrected chi connectivity index (χ1v) is 7.96. The van der Waals surface area contributed by atoms with Gasteiger partial charge in [0, 0.05) is 31.8 Å². The van der Waals surface area contributed by atoms with Crippen molar-refractivity contribution >= 4 is 0 Å². The predicted molar refractivity (Wildman–Crippen MR) is 77.1 cm³/mol. The highest BCUT2D eigenvalue weighted by Gasteiger charge is 2.48. The topological polar surface area (TPSA) is 41.7 Å². The molecule has 0 saturated carbocycles. The fraction of sp³-hybridized carbons (Fsp3) is 1.00. The van der Waals surface area contributed by atoms with E-state index in [2.05, 4.69) is 16.8 Å². The van der Waals surface area contributed by atoms with Gasteiger partial charge in [0.1, 0.15) is 0 Å². The van der Waals surface area contributed by atoms with Crippen molar-refractivity contribution in [1.82, 2.24) is 9.80 Å². The lowest BCUT2D eigenvalue weighted by Crippen LogP contribution is -2.69. The quantitative estimate of drug-likeness (QED) is 0.817. The van der Waals surface area contributed by atoms with Crippen LogP contribution in [0.25, 0.3) is 0 Å². The van der Waals surface area contributed by atoms with E-state index in [-0.39, 0.29) is 5.54 Å². The molecule has 4 heteroatoms. The number of ether oxygens (including phenoxy) is 1. The molecule has 0 aromatic heterocycles. The van der Waals surface area contributed by atoms with E-state index in [4.69, 9.17) is 10.5 Å². The number of rotatable bonds is 4. The minimum atomic E-state index is 0.230. The van der Waals surface area contributed by atoms with Crippen LogP contribution in [0.5, 0.6) is 0 Å². The average Bonchev–Trinajstić information content (AvgIpc) is 2.49. The molecule has 0 aliphatic carbocycles. The molecule has 0 spiro atoms. The highest BCUT2D eigenvalue weighted by Crippen LogP contribution is 2.39. The number of hydrogen-bond acceptors (Lipinski definition) is 4. The second-order valence-corrected chi connectivity index (χ2v) is 6.82. The number of nitrogens with zero attached hydrogens (tertiary/aromatic N) is 2. The van der Waals surface area contributed by atoms with Crippen LogP contribution in [0.1, 0.15) is 25.7 Å². The monoisotopic (exact) mass is 267 g/mol. The molecule has 4 fully saturated rings. The van der Waals surface area contributed by atoms with Crippen LogP contribution in [0.15, 0.2) is 0 Å². The van der Waals surface area contributed by atoms with Crippen molar-refractivity contribution in [3.63, 3.8) is 0 Å². The van der Waals surface area contributed by atoms with E-state index in [0.29, 0.717) is 5.92 Å². The molecule has 2 atom stereocenters. The zero-order valence-electron chi connectivity index (χ0n) is 12.3. The first kappa shape index (κ1) is 13.8. The van der Waals surface area contributed by atoms with Gasteiger partial charge in [-0.2, -0.15) is 0 Å². The maximum Gasteiger partial charge on any atom is 0.0506 e. The summed E-state index contributed by atoms with van der Waals surface area (Å²) in [6.45, 7) is 7.61. The van der Waals surface area contributed by atoms with Gasteiger partial charge in [0.2, 0.25) is 0 Å². The maximum absolute atomic E-state index is 6.23. The van der Waals surface area contributed by atoms with Crippen molar-refractivity contribution in [3.05, 3.63) is 0 Å². The molecule has 0 radical (unpaired) electrons. The Morgan fingerprint density at radius 1 is 1.32 bits per heavy atom. The van der Waals surface area contributed by atoms with Crippen LogP contribution in [0.2, 0.25) is 0 Å². The molecular formula is C15H29N3O. The largest absolute Gasteiger partial charge is 0.381 e. The Balaban J connectivity index is 1.67. The summed E-state index contributed by atoms with van der Waals surface area (Å²) < 4.78 is 5.63. The van der Waals surface area contributed by atoms with Crippen molar-refractivity contribution in [2.45, 2.75) is 31.2 Å². The van der Waals surface area contributed by atoms with Crippen LogP contribution in [-0.2, 0) is 4.74 Å². The maximum atomic E-state index is 6.23. The number of likely N-dealkylation sites (N-methyl/N-ethyl adjacent to an activating group) is 1. The predicted octanol–water partition coefficient (Wildman–Crippen LogP) is 0.768. The Kier molecular flexibility index (Phi) is 4.13. The van der Waals surface area contributed by atoms with Crippen LogP contribution in [-0.4, -0.2) is 68.3 Å². The van der Waals surface area contributed by atoms with Crippen LogP contribution < -0.4 is 5.73 Å². The fourth-order valence-electron chi connectivity index (χ4n) is 4.48. The van der Waals surface area contributed by atoms with Crippen LogP contribution in [0, 0.1) is 11.8 Å². The second kappa shape index (κ2) is 5.68. The molecule has 4 nitrogen and oxygen atoms in total. The third kappa shape index (κ3) is 2.56. The van der Waals surface area contributed by atoms with Gasteiger partial charge in [0.15, 0.2) is 0 Å². The Labute approximate surface area is 117 Å². The molecule has 4 aliphatic rings. The zero-order chi connectivity index (χ0) is 13.3. The lowest BCUT2D eigenvalue weighted by molar-refractivity contribution is -0.0695. The lowest BCUT2D eigenvalue weighted by atomic mass is 9.71. The summed E-state index contributed by atoms with van der Waals surface area (Å²) in [5.74, 6) is 1.51. The summed E-state index contributed by atoms with van der Waals surface area (Å²) >= 11 is 0. The van der Waals surface area contributed by atoms with Gasteiger partial charge in [-0.25, -0.2) is 0 Å². The van der Waals surface area contributed by atoms with Gasteiger partial charge < -0.3 is 15.4 Å². The highest BCUT2D eigenvalue weighted by molar-refractivity contribution is 5.05. The molecule has 19 heavy (non-hydrogen) atoms. The number of piperidine rings is 3. The average molecular weight is 267 g/mol. The van der Waals surface area contributed by atoms with Gasteiger partial charge in [-0.05, 0) is 57.7 Å². The molecule has 2 bridgehead atoms. The SMILES string of the molecule is CN(CC1CCCOC1)C1(CN)CN2CCC1CC2. The highest BCUT2D eigenvalue weighted by atomic mass is 16.5. The Bertz CT molecular complexity index is 298. The summed E-state index contributed by atoms with van der Waals surface area (Å²) in [5, 5.41) is 0. The molecule has 110 valence electrons. The molecule has 4 heterocycles. The van der Waals surface area contributed by atoms with Crippen LogP contribution >= 0.6 is 0 Å². The van der Waals surface area contributed by atoms with Gasteiger partial charge in [0.05, 0.1) is 6.61 Å². The zero-order valence-corrected chi connectivity index (χ0v) is 12.3. The second-order valence-electron chi connectivity index (χ2n) is 6.82. The number of fused-ring (bicyclic) bond motifs is 3. The molecule has 0 amide bonds. The normalized spacial score (nSPS) is 42.8. The van der Waals surface area contributed by atoms with Crippen molar-refractivity contribution < 1.29 is 4.74 Å². The third-order valence-electron chi connectivity index (χ3n) is 5.75. The third-order valence-corrected chi connectivity index (χ3v) is 5.75. The number of hydrogen-bond donors (Lipinski definition) is 1. The van der Waals surface area contributed by atoms with Gasteiger partial charge >= 0.3 is 0 Å². The summed E-state index contributed by atoms with van der Waals surface area (Å²) in [5.41, 5.74) is 6.46. The molecule has 2 unspecified atom stereocenters. The molecule has 4 rings (SSSR count).